The molecule has 4 heteroatoms. The van der Waals surface area contributed by atoms with Gasteiger partial charge in [-0.1, -0.05) is 31.9 Å². The minimum Gasteiger partial charge on any atom is -0.491 e. The molecular weight excluding hydrogens is 360 g/mol. The van der Waals surface area contributed by atoms with Crippen LogP contribution in [-0.2, 0) is 10.1 Å². The van der Waals surface area contributed by atoms with Crippen molar-refractivity contribution in [2.75, 3.05) is 6.61 Å². The van der Waals surface area contributed by atoms with E-state index in [0.717, 1.165) is 34.0 Å². The molecule has 1 unspecified atom stereocenters. The zero-order chi connectivity index (χ0) is 13.2. The van der Waals surface area contributed by atoms with Crippen LogP contribution in [0, 0.1) is 0 Å². The molecule has 0 saturated carbocycles. The topological polar surface area (TPSA) is 18.5 Å². The number of hydrogen-bond donors (Lipinski definition) is 0. The summed E-state index contributed by atoms with van der Waals surface area (Å²) in [5.74, 6) is 0.934. The number of benzene rings is 1. The van der Waals surface area contributed by atoms with E-state index in [1.54, 1.807) is 0 Å². The molecule has 18 heavy (non-hydrogen) atoms. The number of alkyl halides is 1. The standard InChI is InChI=1S/C14H18Br2O2/c1-14(2)6-5-12(18-14)9-17-13-4-3-11(16)7-10(13)8-15/h3-4,7,12H,5-6,8-9H2,1-2H3. The predicted octanol–water partition coefficient (Wildman–Crippen LogP) is 4.68. The van der Waals surface area contributed by atoms with E-state index in [1.165, 1.54) is 0 Å². The molecule has 2 nitrogen and oxygen atoms in total. The first-order valence-electron chi connectivity index (χ1n) is 6.15. The van der Waals surface area contributed by atoms with Gasteiger partial charge in [0.15, 0.2) is 0 Å². The summed E-state index contributed by atoms with van der Waals surface area (Å²) < 4.78 is 12.9. The SMILES string of the molecule is CC1(C)CCC(COc2ccc(Br)cc2CBr)O1. The van der Waals surface area contributed by atoms with Crippen molar-refractivity contribution >= 4 is 31.9 Å². The molecule has 1 aromatic rings. The van der Waals surface area contributed by atoms with E-state index in [0.29, 0.717) is 6.61 Å². The van der Waals surface area contributed by atoms with Crippen LogP contribution in [-0.4, -0.2) is 18.3 Å². The third kappa shape index (κ3) is 3.72. The number of ether oxygens (including phenoxy) is 2. The quantitative estimate of drug-likeness (QED) is 0.709. The first-order valence-corrected chi connectivity index (χ1v) is 8.06. The highest BCUT2D eigenvalue weighted by Crippen LogP contribution is 2.31. The zero-order valence-electron chi connectivity index (χ0n) is 10.7. The maximum atomic E-state index is 5.92. The molecule has 0 amide bonds. The number of hydrogen-bond acceptors (Lipinski definition) is 2. The lowest BCUT2D eigenvalue weighted by molar-refractivity contribution is -0.0327. The van der Waals surface area contributed by atoms with Crippen LogP contribution < -0.4 is 4.74 Å². The monoisotopic (exact) mass is 376 g/mol. The fourth-order valence-corrected chi connectivity index (χ4v) is 3.02. The molecular formula is C14H18Br2O2. The van der Waals surface area contributed by atoms with Crippen molar-refractivity contribution in [1.29, 1.82) is 0 Å². The van der Waals surface area contributed by atoms with Crippen LogP contribution in [0.25, 0.3) is 0 Å². The number of rotatable bonds is 4. The highest BCUT2D eigenvalue weighted by atomic mass is 79.9. The third-order valence-corrected chi connectivity index (χ3v) is 4.24. The molecule has 1 heterocycles. The molecule has 0 bridgehead atoms. The van der Waals surface area contributed by atoms with Crippen molar-refractivity contribution in [1.82, 2.24) is 0 Å². The van der Waals surface area contributed by atoms with Gasteiger partial charge in [0.2, 0.25) is 0 Å². The summed E-state index contributed by atoms with van der Waals surface area (Å²) in [6, 6.07) is 6.07. The van der Waals surface area contributed by atoms with Gasteiger partial charge in [0.1, 0.15) is 12.4 Å². The Morgan fingerprint density at radius 3 is 2.83 bits per heavy atom. The summed E-state index contributed by atoms with van der Waals surface area (Å²) in [5, 5.41) is 0.790. The molecule has 100 valence electrons. The van der Waals surface area contributed by atoms with Crippen LogP contribution in [0.5, 0.6) is 5.75 Å². The maximum Gasteiger partial charge on any atom is 0.123 e. The second-order valence-corrected chi connectivity index (χ2v) is 6.71. The largest absolute Gasteiger partial charge is 0.491 e. The minimum atomic E-state index is 0.00595. The average molecular weight is 378 g/mol. The van der Waals surface area contributed by atoms with Gasteiger partial charge in [-0.05, 0) is 44.9 Å². The predicted molar refractivity (Wildman–Crippen MR) is 80.5 cm³/mol. The van der Waals surface area contributed by atoms with E-state index in [-0.39, 0.29) is 11.7 Å². The molecule has 0 aliphatic carbocycles. The van der Waals surface area contributed by atoms with E-state index in [1.807, 2.05) is 12.1 Å². The summed E-state index contributed by atoms with van der Waals surface area (Å²) >= 11 is 6.95. The lowest BCUT2D eigenvalue weighted by Crippen LogP contribution is -2.24. The zero-order valence-corrected chi connectivity index (χ0v) is 13.9. The molecule has 0 spiro atoms. The summed E-state index contributed by atoms with van der Waals surface area (Å²) in [4.78, 5) is 0. The lowest BCUT2D eigenvalue weighted by atomic mass is 10.1. The van der Waals surface area contributed by atoms with E-state index in [9.17, 15) is 0 Å². The molecule has 1 aromatic carbocycles. The summed E-state index contributed by atoms with van der Waals surface area (Å²) in [6.07, 6.45) is 2.40. The van der Waals surface area contributed by atoms with Gasteiger partial charge in [-0.2, -0.15) is 0 Å². The van der Waals surface area contributed by atoms with Crippen LogP contribution in [0.2, 0.25) is 0 Å². The van der Waals surface area contributed by atoms with Crippen molar-refractivity contribution in [2.24, 2.45) is 0 Å². The van der Waals surface area contributed by atoms with Gasteiger partial charge in [0.05, 0.1) is 11.7 Å². The Bertz CT molecular complexity index is 418. The van der Waals surface area contributed by atoms with Crippen molar-refractivity contribution in [3.05, 3.63) is 28.2 Å². The van der Waals surface area contributed by atoms with E-state index < -0.39 is 0 Å². The Kier molecular flexibility index (Phi) is 4.73. The van der Waals surface area contributed by atoms with Gasteiger partial charge in [0.25, 0.3) is 0 Å². The third-order valence-electron chi connectivity index (χ3n) is 3.15. The van der Waals surface area contributed by atoms with Crippen molar-refractivity contribution < 1.29 is 9.47 Å². The van der Waals surface area contributed by atoms with E-state index in [2.05, 4.69) is 51.8 Å². The fraction of sp³-hybridized carbons (Fsp3) is 0.571. The molecule has 0 N–H and O–H groups in total. The average Bonchev–Trinajstić information content (AvgIpc) is 2.67. The molecule has 0 aromatic heterocycles. The van der Waals surface area contributed by atoms with Crippen LogP contribution in [0.3, 0.4) is 0 Å². The van der Waals surface area contributed by atoms with Crippen LogP contribution in [0.4, 0.5) is 0 Å². The minimum absolute atomic E-state index is 0.00595. The fourth-order valence-electron chi connectivity index (χ4n) is 2.17. The molecule has 1 aliphatic rings. The first-order chi connectivity index (χ1) is 8.50. The Morgan fingerprint density at radius 2 is 2.22 bits per heavy atom. The van der Waals surface area contributed by atoms with Gasteiger partial charge in [-0.15, -0.1) is 0 Å². The smallest absolute Gasteiger partial charge is 0.123 e. The van der Waals surface area contributed by atoms with E-state index >= 15 is 0 Å². The second kappa shape index (κ2) is 5.93. The van der Waals surface area contributed by atoms with Gasteiger partial charge >= 0.3 is 0 Å². The second-order valence-electron chi connectivity index (χ2n) is 5.23. The highest BCUT2D eigenvalue weighted by Gasteiger charge is 2.31. The summed E-state index contributed by atoms with van der Waals surface area (Å²) in [7, 11) is 0. The van der Waals surface area contributed by atoms with Crippen LogP contribution in [0.15, 0.2) is 22.7 Å². The number of halogens is 2. The summed E-state index contributed by atoms with van der Waals surface area (Å²) in [6.45, 7) is 4.90. The van der Waals surface area contributed by atoms with Gasteiger partial charge in [0, 0.05) is 15.4 Å². The van der Waals surface area contributed by atoms with Crippen LogP contribution in [0.1, 0.15) is 32.3 Å². The van der Waals surface area contributed by atoms with Crippen molar-refractivity contribution in [3.8, 4) is 5.75 Å². The van der Waals surface area contributed by atoms with E-state index in [4.69, 9.17) is 9.47 Å². The van der Waals surface area contributed by atoms with Crippen LogP contribution >= 0.6 is 31.9 Å². The summed E-state index contributed by atoms with van der Waals surface area (Å²) in [5.41, 5.74) is 1.16. The molecule has 1 fully saturated rings. The van der Waals surface area contributed by atoms with Gasteiger partial charge in [-0.25, -0.2) is 0 Å². The highest BCUT2D eigenvalue weighted by molar-refractivity contribution is 9.10. The first kappa shape index (κ1) is 14.4. The van der Waals surface area contributed by atoms with Gasteiger partial charge < -0.3 is 9.47 Å². The van der Waals surface area contributed by atoms with Gasteiger partial charge in [-0.3, -0.25) is 0 Å². The maximum absolute atomic E-state index is 5.92. The normalized spacial score (nSPS) is 22.1. The molecule has 1 aliphatic heterocycles. The molecule has 0 radical (unpaired) electrons. The Labute approximate surface area is 125 Å². The molecule has 1 saturated heterocycles. The molecule has 1 atom stereocenters. The Morgan fingerprint density at radius 1 is 1.44 bits per heavy atom. The van der Waals surface area contributed by atoms with Crippen molar-refractivity contribution in [3.63, 3.8) is 0 Å². The lowest BCUT2D eigenvalue weighted by Gasteiger charge is -2.20. The van der Waals surface area contributed by atoms with Crippen molar-refractivity contribution in [2.45, 2.75) is 43.7 Å². The Balaban J connectivity index is 1.94. The molecule has 2 rings (SSSR count). The Hall–Kier alpha value is -0.0600.